The van der Waals surface area contributed by atoms with E-state index in [2.05, 4.69) is 0 Å². The number of hydrogen-bond donors (Lipinski definition) is 8. The van der Waals surface area contributed by atoms with Gasteiger partial charge < -0.3 is 69.3 Å². The van der Waals surface area contributed by atoms with Gasteiger partial charge in [0.1, 0.15) is 71.6 Å². The zero-order valence-corrected chi connectivity index (χ0v) is 23.1. The van der Waals surface area contributed by atoms with Crippen LogP contribution in [0, 0.1) is 0 Å². The van der Waals surface area contributed by atoms with E-state index in [1.807, 2.05) is 0 Å². The van der Waals surface area contributed by atoms with Crippen LogP contribution in [0.1, 0.15) is 35.4 Å². The van der Waals surface area contributed by atoms with E-state index in [1.54, 1.807) is 6.07 Å². The van der Waals surface area contributed by atoms with Crippen molar-refractivity contribution in [3.8, 4) is 28.7 Å². The van der Waals surface area contributed by atoms with Crippen molar-refractivity contribution < 1.29 is 74.1 Å². The van der Waals surface area contributed by atoms with Gasteiger partial charge in [0.2, 0.25) is 6.29 Å². The van der Waals surface area contributed by atoms with Crippen molar-refractivity contribution in [2.75, 3.05) is 13.7 Å². The van der Waals surface area contributed by atoms with Crippen molar-refractivity contribution in [3.63, 3.8) is 0 Å². The van der Waals surface area contributed by atoms with Gasteiger partial charge in [-0.1, -0.05) is 6.07 Å². The first-order valence-corrected chi connectivity index (χ1v) is 13.5. The predicted molar refractivity (Wildman–Crippen MR) is 141 cm³/mol. The topological polar surface area (TPSA) is 234 Å². The lowest BCUT2D eigenvalue weighted by Gasteiger charge is -2.42. The van der Waals surface area contributed by atoms with Crippen LogP contribution in [0.5, 0.6) is 28.7 Å². The van der Waals surface area contributed by atoms with Gasteiger partial charge in [-0.2, -0.15) is 0 Å². The molecule has 15 nitrogen and oxygen atoms in total. The highest BCUT2D eigenvalue weighted by Gasteiger charge is 2.47. The second kappa shape index (κ2) is 12.4. The smallest absolute Gasteiger partial charge is 0.229 e. The SMILES string of the molecule is COc1ccc(C2CC(=O)c3c(O)cc(O[C@@H]4OC(CO[C@@H]5OC(C)[C@H](O)[C@H](O)C5O)[C@@H](O)[C@@H](O)C4O)cc3O2)cc1O. The third-order valence-electron chi connectivity index (χ3n) is 7.70. The van der Waals surface area contributed by atoms with Gasteiger partial charge in [-0.05, 0) is 24.6 Å². The fraction of sp³-hybridized carbons (Fsp3) is 0.536. The van der Waals surface area contributed by atoms with E-state index in [0.29, 0.717) is 5.56 Å². The maximum Gasteiger partial charge on any atom is 0.229 e. The monoisotopic (exact) mass is 610 g/mol. The van der Waals surface area contributed by atoms with Crippen LogP contribution in [-0.4, -0.2) is 122 Å². The van der Waals surface area contributed by atoms with Crippen LogP contribution in [-0.2, 0) is 14.2 Å². The summed E-state index contributed by atoms with van der Waals surface area (Å²) in [7, 11) is 1.39. The highest BCUT2D eigenvalue weighted by atomic mass is 16.7. The van der Waals surface area contributed by atoms with Crippen molar-refractivity contribution >= 4 is 5.78 Å². The third kappa shape index (κ3) is 6.08. The Hall–Kier alpha value is -3.25. The second-order valence-corrected chi connectivity index (χ2v) is 10.6. The van der Waals surface area contributed by atoms with Gasteiger partial charge in [0, 0.05) is 12.1 Å². The minimum Gasteiger partial charge on any atom is -0.507 e. The molecule has 2 fully saturated rings. The highest BCUT2D eigenvalue weighted by Crippen LogP contribution is 2.43. The Morgan fingerprint density at radius 3 is 2.23 bits per heavy atom. The molecule has 236 valence electrons. The first kappa shape index (κ1) is 31.2. The number of ketones is 1. The molecule has 0 radical (unpaired) electrons. The molecule has 2 aromatic rings. The number of fused-ring (bicyclic) bond motifs is 1. The number of aliphatic hydroxyl groups excluding tert-OH is 6. The maximum absolute atomic E-state index is 12.9. The molecule has 2 saturated heterocycles. The van der Waals surface area contributed by atoms with E-state index in [-0.39, 0.29) is 35.0 Å². The minimum atomic E-state index is -1.77. The van der Waals surface area contributed by atoms with Crippen LogP contribution in [0.3, 0.4) is 0 Å². The summed E-state index contributed by atoms with van der Waals surface area (Å²) in [4.78, 5) is 12.9. The number of phenolic OH excluding ortho intramolecular Hbond substituents is 2. The Kier molecular flexibility index (Phi) is 8.99. The number of carbonyl (C=O) groups is 1. The van der Waals surface area contributed by atoms with Gasteiger partial charge in [0.15, 0.2) is 23.6 Å². The van der Waals surface area contributed by atoms with Crippen LogP contribution in [0.4, 0.5) is 0 Å². The van der Waals surface area contributed by atoms with Crippen molar-refractivity contribution in [1.29, 1.82) is 0 Å². The van der Waals surface area contributed by atoms with E-state index >= 15 is 0 Å². The van der Waals surface area contributed by atoms with Crippen LogP contribution in [0.25, 0.3) is 0 Å². The van der Waals surface area contributed by atoms with E-state index in [4.69, 9.17) is 28.4 Å². The van der Waals surface area contributed by atoms with Crippen molar-refractivity contribution in [2.45, 2.75) is 80.9 Å². The van der Waals surface area contributed by atoms with Gasteiger partial charge >= 0.3 is 0 Å². The molecule has 5 rings (SSSR count). The fourth-order valence-electron chi connectivity index (χ4n) is 5.20. The molecular weight excluding hydrogens is 576 g/mol. The summed E-state index contributed by atoms with van der Waals surface area (Å²) in [6, 6.07) is 6.90. The molecule has 2 aromatic carbocycles. The Labute approximate surface area is 245 Å². The Morgan fingerprint density at radius 2 is 1.53 bits per heavy atom. The number of benzene rings is 2. The molecule has 8 N–H and O–H groups in total. The minimum absolute atomic E-state index is 0.0457. The van der Waals surface area contributed by atoms with E-state index in [0.717, 1.165) is 6.07 Å². The third-order valence-corrected chi connectivity index (χ3v) is 7.70. The highest BCUT2D eigenvalue weighted by molar-refractivity contribution is 6.02. The summed E-state index contributed by atoms with van der Waals surface area (Å²) >= 11 is 0. The Morgan fingerprint density at radius 1 is 0.837 bits per heavy atom. The number of Topliss-reactive ketones (excluding diaryl/α,β-unsaturated/α-hetero) is 1. The molecule has 3 aliphatic heterocycles. The van der Waals surface area contributed by atoms with Gasteiger partial charge in [0.05, 0.1) is 26.2 Å². The second-order valence-electron chi connectivity index (χ2n) is 10.6. The lowest BCUT2D eigenvalue weighted by atomic mass is 9.95. The number of methoxy groups -OCH3 is 1. The van der Waals surface area contributed by atoms with E-state index < -0.39 is 85.7 Å². The molecule has 0 spiro atoms. The largest absolute Gasteiger partial charge is 0.507 e. The lowest BCUT2D eigenvalue weighted by molar-refractivity contribution is -0.318. The van der Waals surface area contributed by atoms with Crippen LogP contribution in [0.2, 0.25) is 0 Å². The summed E-state index contributed by atoms with van der Waals surface area (Å²) in [6.07, 6.45) is -15.9. The lowest BCUT2D eigenvalue weighted by Crippen LogP contribution is -2.61. The van der Waals surface area contributed by atoms with E-state index in [9.17, 15) is 45.6 Å². The van der Waals surface area contributed by atoms with Gasteiger partial charge in [-0.25, -0.2) is 0 Å². The van der Waals surface area contributed by atoms with Crippen LogP contribution >= 0.6 is 0 Å². The van der Waals surface area contributed by atoms with Gasteiger partial charge in [-0.15, -0.1) is 0 Å². The quantitative estimate of drug-likeness (QED) is 0.185. The van der Waals surface area contributed by atoms with Gasteiger partial charge in [0.25, 0.3) is 0 Å². The van der Waals surface area contributed by atoms with Gasteiger partial charge in [-0.3, -0.25) is 4.79 Å². The van der Waals surface area contributed by atoms with E-state index in [1.165, 1.54) is 32.2 Å². The molecule has 0 saturated carbocycles. The number of ether oxygens (including phenoxy) is 6. The Balaban J connectivity index is 1.30. The van der Waals surface area contributed by atoms with Crippen molar-refractivity contribution in [2.24, 2.45) is 0 Å². The number of rotatable bonds is 7. The molecule has 3 heterocycles. The number of aliphatic hydroxyl groups is 6. The molecule has 0 aliphatic carbocycles. The summed E-state index contributed by atoms with van der Waals surface area (Å²) in [5.74, 6) is -0.999. The molecule has 0 bridgehead atoms. The molecule has 0 amide bonds. The summed E-state index contributed by atoms with van der Waals surface area (Å²) in [5.41, 5.74) is 0.373. The fourth-order valence-corrected chi connectivity index (χ4v) is 5.20. The summed E-state index contributed by atoms with van der Waals surface area (Å²) in [6.45, 7) is 0.964. The zero-order chi connectivity index (χ0) is 31.2. The molecule has 0 aromatic heterocycles. The average molecular weight is 611 g/mol. The predicted octanol–water partition coefficient (Wildman–Crippen LogP) is -1.16. The molecule has 43 heavy (non-hydrogen) atoms. The normalized spacial score (nSPS) is 36.0. The molecule has 15 heteroatoms. The Bertz CT molecular complexity index is 1320. The van der Waals surface area contributed by atoms with Crippen molar-refractivity contribution in [1.82, 2.24) is 0 Å². The molecule has 11 atom stereocenters. The number of phenols is 2. The first-order chi connectivity index (χ1) is 20.4. The summed E-state index contributed by atoms with van der Waals surface area (Å²) in [5, 5.41) is 82.2. The average Bonchev–Trinajstić information content (AvgIpc) is 2.97. The molecule has 3 aliphatic rings. The van der Waals surface area contributed by atoms with Crippen LogP contribution < -0.4 is 14.2 Å². The van der Waals surface area contributed by atoms with Crippen molar-refractivity contribution in [3.05, 3.63) is 41.5 Å². The molecular formula is C28H34O15. The summed E-state index contributed by atoms with van der Waals surface area (Å²) < 4.78 is 33.1. The first-order valence-electron chi connectivity index (χ1n) is 13.5. The zero-order valence-electron chi connectivity index (χ0n) is 23.1. The van der Waals surface area contributed by atoms with Crippen LogP contribution in [0.15, 0.2) is 30.3 Å². The molecule has 5 unspecified atom stereocenters. The number of carbonyl (C=O) groups excluding carboxylic acids is 1. The number of aromatic hydroxyl groups is 2. The number of hydrogen-bond acceptors (Lipinski definition) is 15. The standard InChI is InChI=1S/C28H34O15/c1-10-21(32)23(34)25(36)27(40-10)39-9-19-22(33)24(35)26(37)28(43-19)41-12-6-14(30)20-15(31)8-17(42-18(20)7-12)11-3-4-16(38-2)13(29)5-11/h3-7,10,17,19,21-30,32-37H,8-9H2,1-2H3/t10?,17?,19?,21-,22+,23-,24+,25?,26?,27+,28+/m0/s1. The maximum atomic E-state index is 12.9.